The molecule has 0 aliphatic carbocycles. The molecule has 0 bridgehead atoms. The van der Waals surface area contributed by atoms with Crippen molar-refractivity contribution in [1.29, 1.82) is 0 Å². The summed E-state index contributed by atoms with van der Waals surface area (Å²) in [4.78, 5) is 9.01. The van der Waals surface area contributed by atoms with Gasteiger partial charge in [-0.15, -0.1) is 0 Å². The van der Waals surface area contributed by atoms with E-state index in [4.69, 9.17) is 0 Å². The van der Waals surface area contributed by atoms with Crippen LogP contribution < -0.4 is 5.32 Å². The van der Waals surface area contributed by atoms with Gasteiger partial charge in [0.25, 0.3) is 0 Å². The fourth-order valence-electron chi connectivity index (χ4n) is 1.75. The molecule has 1 aromatic heterocycles. The molecular formula is C14H25N3. The Morgan fingerprint density at radius 1 is 1.29 bits per heavy atom. The van der Waals surface area contributed by atoms with Gasteiger partial charge in [0.05, 0.1) is 0 Å². The van der Waals surface area contributed by atoms with Crippen LogP contribution in [0.15, 0.2) is 6.20 Å². The van der Waals surface area contributed by atoms with Crippen molar-refractivity contribution in [2.45, 2.75) is 53.5 Å². The first kappa shape index (κ1) is 14.1. The van der Waals surface area contributed by atoms with Gasteiger partial charge >= 0.3 is 0 Å². The van der Waals surface area contributed by atoms with E-state index >= 15 is 0 Å². The minimum absolute atomic E-state index is 0.681. The lowest BCUT2D eigenvalue weighted by atomic mass is 10.1. The Bertz CT molecular complexity index is 334. The Morgan fingerprint density at radius 2 is 2.06 bits per heavy atom. The third kappa shape index (κ3) is 4.82. The maximum atomic E-state index is 4.63. The molecule has 3 heteroatoms. The van der Waals surface area contributed by atoms with E-state index in [9.17, 15) is 0 Å². The number of rotatable bonds is 7. The number of nitrogens with zero attached hydrogens (tertiary/aromatic N) is 2. The van der Waals surface area contributed by atoms with Gasteiger partial charge in [0.1, 0.15) is 5.82 Å². The van der Waals surface area contributed by atoms with E-state index in [1.54, 1.807) is 0 Å². The summed E-state index contributed by atoms with van der Waals surface area (Å²) in [6.07, 6.45) is 5.09. The van der Waals surface area contributed by atoms with Gasteiger partial charge in [0.15, 0.2) is 0 Å². The Hall–Kier alpha value is -0.960. The fourth-order valence-corrected chi connectivity index (χ4v) is 1.75. The van der Waals surface area contributed by atoms with Crippen LogP contribution in [0.3, 0.4) is 0 Å². The van der Waals surface area contributed by atoms with Crippen molar-refractivity contribution in [3.05, 3.63) is 23.3 Å². The molecule has 0 radical (unpaired) electrons. The van der Waals surface area contributed by atoms with Gasteiger partial charge in [0.2, 0.25) is 0 Å². The average molecular weight is 235 g/mol. The lowest BCUT2D eigenvalue weighted by molar-refractivity contribution is 0.548. The second kappa shape index (κ2) is 7.38. The molecule has 0 fully saturated rings. The van der Waals surface area contributed by atoms with Crippen molar-refractivity contribution < 1.29 is 0 Å². The van der Waals surface area contributed by atoms with Crippen LogP contribution in [0.25, 0.3) is 0 Å². The first-order chi connectivity index (χ1) is 8.17. The summed E-state index contributed by atoms with van der Waals surface area (Å²) in [5.41, 5.74) is 2.47. The van der Waals surface area contributed by atoms with E-state index in [-0.39, 0.29) is 0 Å². The Labute approximate surface area is 105 Å². The molecule has 0 atom stereocenters. The quantitative estimate of drug-likeness (QED) is 0.789. The summed E-state index contributed by atoms with van der Waals surface area (Å²) in [6.45, 7) is 10.7. The van der Waals surface area contributed by atoms with Gasteiger partial charge in [-0.3, -0.25) is 0 Å². The molecule has 0 aromatic carbocycles. The highest BCUT2D eigenvalue weighted by Crippen LogP contribution is 2.08. The molecule has 0 amide bonds. The highest BCUT2D eigenvalue weighted by molar-refractivity contribution is 5.18. The van der Waals surface area contributed by atoms with Gasteiger partial charge in [-0.25, -0.2) is 9.97 Å². The van der Waals surface area contributed by atoms with Crippen molar-refractivity contribution in [2.24, 2.45) is 5.92 Å². The van der Waals surface area contributed by atoms with Crippen LogP contribution in [0.5, 0.6) is 0 Å². The zero-order chi connectivity index (χ0) is 12.7. The SMILES string of the molecule is CCCc1nc(CC)ncc1CNCC(C)C. The van der Waals surface area contributed by atoms with Gasteiger partial charge in [-0.1, -0.05) is 34.1 Å². The van der Waals surface area contributed by atoms with Crippen molar-refractivity contribution in [1.82, 2.24) is 15.3 Å². The van der Waals surface area contributed by atoms with Crippen LogP contribution in [0.1, 0.15) is 51.2 Å². The number of nitrogens with one attached hydrogen (secondary N) is 1. The topological polar surface area (TPSA) is 37.8 Å². The molecule has 0 saturated heterocycles. The Balaban J connectivity index is 2.68. The molecule has 17 heavy (non-hydrogen) atoms. The maximum absolute atomic E-state index is 4.63. The predicted octanol–water partition coefficient (Wildman–Crippen LogP) is 2.74. The molecule has 0 spiro atoms. The standard InChI is InChI=1S/C14H25N3/c1-5-7-13-12(9-15-8-11(3)4)10-16-14(6-2)17-13/h10-11,15H,5-9H2,1-4H3. The summed E-state index contributed by atoms with van der Waals surface area (Å²) in [5, 5.41) is 3.46. The number of aromatic nitrogens is 2. The fraction of sp³-hybridized carbons (Fsp3) is 0.714. The maximum Gasteiger partial charge on any atom is 0.128 e. The molecular weight excluding hydrogens is 210 g/mol. The van der Waals surface area contributed by atoms with Crippen molar-refractivity contribution in [3.63, 3.8) is 0 Å². The predicted molar refractivity (Wildman–Crippen MR) is 71.9 cm³/mol. The average Bonchev–Trinajstić information content (AvgIpc) is 2.31. The van der Waals surface area contributed by atoms with E-state index in [1.165, 1.54) is 11.3 Å². The smallest absolute Gasteiger partial charge is 0.128 e. The molecule has 1 rings (SSSR count). The number of hydrogen-bond acceptors (Lipinski definition) is 3. The zero-order valence-corrected chi connectivity index (χ0v) is 11.6. The van der Waals surface area contributed by atoms with Crippen LogP contribution in [0.4, 0.5) is 0 Å². The first-order valence-electron chi connectivity index (χ1n) is 6.71. The normalized spacial score (nSPS) is 11.1. The van der Waals surface area contributed by atoms with Crippen molar-refractivity contribution in [2.75, 3.05) is 6.54 Å². The van der Waals surface area contributed by atoms with E-state index in [2.05, 4.69) is 43.0 Å². The molecule has 1 N–H and O–H groups in total. The lowest BCUT2D eigenvalue weighted by Crippen LogP contribution is -2.20. The molecule has 0 aliphatic rings. The van der Waals surface area contributed by atoms with E-state index in [0.717, 1.165) is 38.2 Å². The summed E-state index contributed by atoms with van der Waals surface area (Å²) in [6, 6.07) is 0. The van der Waals surface area contributed by atoms with Gasteiger partial charge in [0, 0.05) is 30.4 Å². The molecule has 0 aliphatic heterocycles. The molecule has 1 aromatic rings. The second-order valence-corrected chi connectivity index (χ2v) is 4.89. The van der Waals surface area contributed by atoms with Gasteiger partial charge < -0.3 is 5.32 Å². The third-order valence-corrected chi connectivity index (χ3v) is 2.68. The minimum Gasteiger partial charge on any atom is -0.312 e. The molecule has 3 nitrogen and oxygen atoms in total. The summed E-state index contributed by atoms with van der Waals surface area (Å²) in [7, 11) is 0. The van der Waals surface area contributed by atoms with Crippen LogP contribution in [0, 0.1) is 5.92 Å². The number of aryl methyl sites for hydroxylation is 2. The molecule has 0 unspecified atom stereocenters. The molecule has 96 valence electrons. The van der Waals surface area contributed by atoms with E-state index in [0.29, 0.717) is 5.92 Å². The lowest BCUT2D eigenvalue weighted by Gasteiger charge is -2.11. The largest absolute Gasteiger partial charge is 0.312 e. The van der Waals surface area contributed by atoms with Crippen LogP contribution in [-0.4, -0.2) is 16.5 Å². The third-order valence-electron chi connectivity index (χ3n) is 2.68. The highest BCUT2D eigenvalue weighted by atomic mass is 14.9. The monoisotopic (exact) mass is 235 g/mol. The van der Waals surface area contributed by atoms with Crippen LogP contribution >= 0.6 is 0 Å². The summed E-state index contributed by atoms with van der Waals surface area (Å²) >= 11 is 0. The van der Waals surface area contributed by atoms with Crippen molar-refractivity contribution >= 4 is 0 Å². The van der Waals surface area contributed by atoms with E-state index in [1.807, 2.05) is 6.20 Å². The number of hydrogen-bond donors (Lipinski definition) is 1. The zero-order valence-electron chi connectivity index (χ0n) is 11.6. The molecule has 0 saturated carbocycles. The summed E-state index contributed by atoms with van der Waals surface area (Å²) < 4.78 is 0. The highest BCUT2D eigenvalue weighted by Gasteiger charge is 2.06. The minimum atomic E-state index is 0.681. The van der Waals surface area contributed by atoms with Gasteiger partial charge in [-0.2, -0.15) is 0 Å². The molecule has 1 heterocycles. The summed E-state index contributed by atoms with van der Waals surface area (Å²) in [5.74, 6) is 1.64. The van der Waals surface area contributed by atoms with Crippen LogP contribution in [-0.2, 0) is 19.4 Å². The van der Waals surface area contributed by atoms with Crippen LogP contribution in [0.2, 0.25) is 0 Å². The Kier molecular flexibility index (Phi) is 6.12. The van der Waals surface area contributed by atoms with Crippen molar-refractivity contribution in [3.8, 4) is 0 Å². The van der Waals surface area contributed by atoms with E-state index < -0.39 is 0 Å². The first-order valence-corrected chi connectivity index (χ1v) is 6.71. The Morgan fingerprint density at radius 3 is 2.65 bits per heavy atom. The van der Waals surface area contributed by atoms with Gasteiger partial charge in [-0.05, 0) is 18.9 Å². The second-order valence-electron chi connectivity index (χ2n) is 4.89.